The molecule has 1 heterocycles. The number of benzene rings is 4. The highest BCUT2D eigenvalue weighted by Crippen LogP contribution is 2.26. The van der Waals surface area contributed by atoms with Crippen molar-refractivity contribution in [2.75, 3.05) is 13.7 Å². The fourth-order valence-electron chi connectivity index (χ4n) is 3.88. The number of hydrogen-bond acceptors (Lipinski definition) is 4. The van der Waals surface area contributed by atoms with E-state index in [0.29, 0.717) is 19.8 Å². The zero-order valence-electron chi connectivity index (χ0n) is 17.9. The van der Waals surface area contributed by atoms with Crippen molar-refractivity contribution in [3.63, 3.8) is 0 Å². The first-order valence-corrected chi connectivity index (χ1v) is 10.6. The van der Waals surface area contributed by atoms with Gasteiger partial charge in [0, 0.05) is 0 Å². The summed E-state index contributed by atoms with van der Waals surface area (Å²) in [7, 11) is 1.65. The Labute approximate surface area is 186 Å². The summed E-state index contributed by atoms with van der Waals surface area (Å²) < 4.78 is 19.7. The highest BCUT2D eigenvalue weighted by atomic mass is 16.5. The van der Waals surface area contributed by atoms with Crippen molar-refractivity contribution in [3.8, 4) is 17.2 Å². The molecule has 32 heavy (non-hydrogen) atoms. The molecule has 0 fully saturated rings. The summed E-state index contributed by atoms with van der Waals surface area (Å²) in [4.78, 5) is 4.81. The minimum Gasteiger partial charge on any atom is -0.493 e. The average molecular weight is 425 g/mol. The average Bonchev–Trinajstić information content (AvgIpc) is 3.20. The third kappa shape index (κ3) is 4.10. The summed E-state index contributed by atoms with van der Waals surface area (Å²) in [6.07, 6.45) is 0. The van der Waals surface area contributed by atoms with Crippen molar-refractivity contribution in [1.29, 1.82) is 0 Å². The summed E-state index contributed by atoms with van der Waals surface area (Å²) in [6, 6.07) is 30.2. The molecule has 0 radical (unpaired) electrons. The van der Waals surface area contributed by atoms with Crippen LogP contribution in [0.1, 0.15) is 5.82 Å². The van der Waals surface area contributed by atoms with Gasteiger partial charge in [-0.2, -0.15) is 0 Å². The van der Waals surface area contributed by atoms with Crippen LogP contribution in [0, 0.1) is 0 Å². The van der Waals surface area contributed by atoms with Gasteiger partial charge in [0.15, 0.2) is 11.5 Å². The molecule has 0 unspecified atom stereocenters. The Morgan fingerprint density at radius 1 is 0.750 bits per heavy atom. The van der Waals surface area contributed by atoms with Crippen LogP contribution in [0.15, 0.2) is 91.0 Å². The number of ether oxygens (including phenoxy) is 3. The van der Waals surface area contributed by atoms with Gasteiger partial charge in [0.1, 0.15) is 24.8 Å². The van der Waals surface area contributed by atoms with Crippen molar-refractivity contribution < 1.29 is 14.2 Å². The minimum absolute atomic E-state index is 0.377. The standard InChI is InChI=1S/C27H24N2O3/c1-30-25-12-6-7-13-26(25)31-17-16-29-24-11-5-4-10-23(24)28-27(29)19-32-22-15-14-20-8-2-3-9-21(20)18-22/h2-15,18H,16-17,19H2,1H3. The van der Waals surface area contributed by atoms with E-state index in [-0.39, 0.29) is 0 Å². The molecule has 5 heteroatoms. The Bertz CT molecular complexity index is 1360. The summed E-state index contributed by atoms with van der Waals surface area (Å²) in [5.74, 6) is 3.15. The van der Waals surface area contributed by atoms with Crippen LogP contribution in [0.2, 0.25) is 0 Å². The zero-order chi connectivity index (χ0) is 21.8. The van der Waals surface area contributed by atoms with Crippen molar-refractivity contribution in [2.24, 2.45) is 0 Å². The molecule has 0 aliphatic rings. The van der Waals surface area contributed by atoms with Gasteiger partial charge in [-0.05, 0) is 47.2 Å². The molecule has 0 aliphatic heterocycles. The number of rotatable bonds is 8. The van der Waals surface area contributed by atoms with E-state index in [0.717, 1.165) is 39.5 Å². The third-order valence-electron chi connectivity index (χ3n) is 5.46. The lowest BCUT2D eigenvalue weighted by Crippen LogP contribution is -2.13. The number of aromatic nitrogens is 2. The molecular weight excluding hydrogens is 400 g/mol. The lowest BCUT2D eigenvalue weighted by Gasteiger charge is -2.13. The van der Waals surface area contributed by atoms with Crippen LogP contribution in [0.5, 0.6) is 17.2 Å². The number of para-hydroxylation sites is 4. The van der Waals surface area contributed by atoms with Crippen LogP contribution in [0.4, 0.5) is 0 Å². The molecule has 1 aromatic heterocycles. The van der Waals surface area contributed by atoms with Gasteiger partial charge in [-0.3, -0.25) is 0 Å². The van der Waals surface area contributed by atoms with Crippen molar-refractivity contribution in [2.45, 2.75) is 13.2 Å². The summed E-state index contributed by atoms with van der Waals surface area (Å²) >= 11 is 0. The van der Waals surface area contributed by atoms with Gasteiger partial charge < -0.3 is 18.8 Å². The van der Waals surface area contributed by atoms with Crippen LogP contribution in [-0.2, 0) is 13.2 Å². The fraction of sp³-hybridized carbons (Fsp3) is 0.148. The molecule has 0 bridgehead atoms. The Hall–Kier alpha value is -3.99. The molecule has 0 spiro atoms. The van der Waals surface area contributed by atoms with Crippen molar-refractivity contribution in [3.05, 3.63) is 96.8 Å². The molecule has 0 saturated carbocycles. The smallest absolute Gasteiger partial charge is 0.161 e. The maximum atomic E-state index is 6.13. The SMILES string of the molecule is COc1ccccc1OCCn1c(COc2ccc3ccccc3c2)nc2ccccc21. The predicted octanol–water partition coefficient (Wildman–Crippen LogP) is 5.86. The van der Waals surface area contributed by atoms with Crippen LogP contribution in [0.3, 0.4) is 0 Å². The summed E-state index contributed by atoms with van der Waals surface area (Å²) in [6.45, 7) is 1.51. The molecule has 5 aromatic rings. The Morgan fingerprint density at radius 2 is 1.50 bits per heavy atom. The number of fused-ring (bicyclic) bond motifs is 2. The Balaban J connectivity index is 1.35. The van der Waals surface area contributed by atoms with E-state index in [1.165, 1.54) is 5.39 Å². The molecule has 4 aromatic carbocycles. The first-order chi connectivity index (χ1) is 15.8. The molecule has 0 N–H and O–H groups in total. The van der Waals surface area contributed by atoms with Crippen LogP contribution in [0.25, 0.3) is 21.8 Å². The maximum Gasteiger partial charge on any atom is 0.161 e. The number of imidazole rings is 1. The molecule has 160 valence electrons. The van der Waals surface area contributed by atoms with Gasteiger partial charge in [0.05, 0.1) is 24.7 Å². The van der Waals surface area contributed by atoms with Gasteiger partial charge >= 0.3 is 0 Å². The van der Waals surface area contributed by atoms with Crippen LogP contribution >= 0.6 is 0 Å². The van der Waals surface area contributed by atoms with E-state index in [2.05, 4.69) is 34.9 Å². The normalized spacial score (nSPS) is 11.0. The summed E-state index contributed by atoms with van der Waals surface area (Å²) in [5.41, 5.74) is 2.01. The molecule has 0 saturated heterocycles. The molecule has 5 rings (SSSR count). The van der Waals surface area contributed by atoms with Crippen molar-refractivity contribution in [1.82, 2.24) is 9.55 Å². The molecule has 5 nitrogen and oxygen atoms in total. The van der Waals surface area contributed by atoms with Crippen LogP contribution < -0.4 is 14.2 Å². The van der Waals surface area contributed by atoms with Gasteiger partial charge in [-0.1, -0.05) is 54.6 Å². The van der Waals surface area contributed by atoms with E-state index in [9.17, 15) is 0 Å². The molecule has 0 atom stereocenters. The lowest BCUT2D eigenvalue weighted by molar-refractivity contribution is 0.265. The largest absolute Gasteiger partial charge is 0.493 e. The molecule has 0 amide bonds. The van der Waals surface area contributed by atoms with E-state index in [4.69, 9.17) is 19.2 Å². The van der Waals surface area contributed by atoms with E-state index >= 15 is 0 Å². The van der Waals surface area contributed by atoms with Crippen LogP contribution in [-0.4, -0.2) is 23.3 Å². The first-order valence-electron chi connectivity index (χ1n) is 10.6. The maximum absolute atomic E-state index is 6.13. The van der Waals surface area contributed by atoms with Gasteiger partial charge in [0.25, 0.3) is 0 Å². The second-order valence-electron chi connectivity index (χ2n) is 7.47. The summed E-state index contributed by atoms with van der Waals surface area (Å²) in [5, 5.41) is 2.35. The zero-order valence-corrected chi connectivity index (χ0v) is 17.9. The van der Waals surface area contributed by atoms with Crippen molar-refractivity contribution >= 4 is 21.8 Å². The van der Waals surface area contributed by atoms with Gasteiger partial charge in [0.2, 0.25) is 0 Å². The van der Waals surface area contributed by atoms with E-state index in [1.807, 2.05) is 60.7 Å². The predicted molar refractivity (Wildman–Crippen MR) is 127 cm³/mol. The highest BCUT2D eigenvalue weighted by molar-refractivity contribution is 5.83. The van der Waals surface area contributed by atoms with E-state index in [1.54, 1.807) is 7.11 Å². The topological polar surface area (TPSA) is 45.5 Å². The number of methoxy groups -OCH3 is 1. The highest BCUT2D eigenvalue weighted by Gasteiger charge is 2.12. The fourth-order valence-corrected chi connectivity index (χ4v) is 3.88. The van der Waals surface area contributed by atoms with Gasteiger partial charge in [-0.15, -0.1) is 0 Å². The lowest BCUT2D eigenvalue weighted by atomic mass is 10.1. The van der Waals surface area contributed by atoms with E-state index < -0.39 is 0 Å². The number of nitrogens with zero attached hydrogens (tertiary/aromatic N) is 2. The monoisotopic (exact) mass is 424 g/mol. The Kier molecular flexibility index (Phi) is 5.62. The first kappa shape index (κ1) is 19.9. The molecular formula is C27H24N2O3. The minimum atomic E-state index is 0.377. The second kappa shape index (κ2) is 9.02. The third-order valence-corrected chi connectivity index (χ3v) is 5.46. The van der Waals surface area contributed by atoms with Gasteiger partial charge in [-0.25, -0.2) is 4.98 Å². The number of hydrogen-bond donors (Lipinski definition) is 0. The second-order valence-corrected chi connectivity index (χ2v) is 7.47. The molecule has 0 aliphatic carbocycles. The Morgan fingerprint density at radius 3 is 2.38 bits per heavy atom. The quantitative estimate of drug-likeness (QED) is 0.313.